The number of nitrogens with one attached hydrogen (secondary N) is 1. The Kier molecular flexibility index (Phi) is 5.99. The lowest BCUT2D eigenvalue weighted by molar-refractivity contribution is 0.140. The lowest BCUT2D eigenvalue weighted by atomic mass is 10.3. The van der Waals surface area contributed by atoms with Crippen LogP contribution in [0.5, 0.6) is 5.75 Å². The van der Waals surface area contributed by atoms with Gasteiger partial charge in [-0.15, -0.1) is 0 Å². The van der Waals surface area contributed by atoms with Gasteiger partial charge in [-0.3, -0.25) is 0 Å². The predicted octanol–water partition coefficient (Wildman–Crippen LogP) is 2.42. The summed E-state index contributed by atoms with van der Waals surface area (Å²) < 4.78 is 11.4. The van der Waals surface area contributed by atoms with E-state index in [1.165, 1.54) is 7.05 Å². The second-order valence-corrected chi connectivity index (χ2v) is 4.29. The summed E-state index contributed by atoms with van der Waals surface area (Å²) in [5.74, 6) is 0.840. The van der Waals surface area contributed by atoms with Crippen LogP contribution < -0.4 is 10.1 Å². The van der Waals surface area contributed by atoms with Crippen LogP contribution >= 0.6 is 22.6 Å². The van der Waals surface area contributed by atoms with Crippen molar-refractivity contribution in [2.45, 2.75) is 6.42 Å². The maximum Gasteiger partial charge on any atom is 0.406 e. The van der Waals surface area contributed by atoms with Crippen molar-refractivity contribution in [3.8, 4) is 5.75 Å². The summed E-state index contributed by atoms with van der Waals surface area (Å²) in [6, 6.07) is 7.81. The van der Waals surface area contributed by atoms with Gasteiger partial charge in [-0.2, -0.15) is 0 Å². The fourth-order valence-corrected chi connectivity index (χ4v) is 1.56. The third-order valence-corrected chi connectivity index (χ3v) is 2.46. The first kappa shape index (κ1) is 13.1. The molecule has 0 saturated heterocycles. The monoisotopic (exact) mass is 335 g/mol. The van der Waals surface area contributed by atoms with Crippen molar-refractivity contribution in [3.63, 3.8) is 0 Å². The molecule has 4 nitrogen and oxygen atoms in total. The van der Waals surface area contributed by atoms with E-state index in [0.29, 0.717) is 19.6 Å². The third-order valence-electron chi connectivity index (χ3n) is 1.79. The minimum Gasteiger partial charge on any atom is -0.493 e. The molecule has 0 radical (unpaired) electrons. The molecule has 0 aromatic heterocycles. The normalized spacial score (nSPS) is 9.62. The maximum atomic E-state index is 10.7. The van der Waals surface area contributed by atoms with Crippen LogP contribution in [0.4, 0.5) is 4.79 Å². The highest BCUT2D eigenvalue weighted by molar-refractivity contribution is 14.1. The Labute approximate surface area is 108 Å². The Morgan fingerprint density at radius 3 is 2.94 bits per heavy atom. The lowest BCUT2D eigenvalue weighted by Gasteiger charge is -2.06. The number of carbonyl (C=O) groups excluding carboxylic acids is 1. The molecule has 1 aromatic rings. The first-order chi connectivity index (χ1) is 7.72. The van der Waals surface area contributed by atoms with Crippen molar-refractivity contribution < 1.29 is 14.3 Å². The van der Waals surface area contributed by atoms with Crippen LogP contribution in [0.15, 0.2) is 24.3 Å². The van der Waals surface area contributed by atoms with Crippen LogP contribution in [0.2, 0.25) is 0 Å². The summed E-state index contributed by atoms with van der Waals surface area (Å²) in [6.07, 6.45) is 0.271. The Morgan fingerprint density at radius 2 is 2.25 bits per heavy atom. The Bertz CT molecular complexity index is 344. The van der Waals surface area contributed by atoms with E-state index in [0.717, 1.165) is 9.32 Å². The molecule has 0 atom stereocenters. The molecule has 0 heterocycles. The largest absolute Gasteiger partial charge is 0.493 e. The Morgan fingerprint density at radius 1 is 1.44 bits per heavy atom. The molecular weight excluding hydrogens is 321 g/mol. The van der Waals surface area contributed by atoms with Gasteiger partial charge in [0, 0.05) is 17.0 Å². The fraction of sp³-hybridized carbons (Fsp3) is 0.364. The lowest BCUT2D eigenvalue weighted by Crippen LogP contribution is -2.20. The highest BCUT2D eigenvalue weighted by Crippen LogP contribution is 2.14. The van der Waals surface area contributed by atoms with E-state index in [4.69, 9.17) is 9.47 Å². The molecule has 0 bridgehead atoms. The second kappa shape index (κ2) is 7.32. The molecule has 0 saturated carbocycles. The fourth-order valence-electron chi connectivity index (χ4n) is 1.04. The zero-order valence-electron chi connectivity index (χ0n) is 9.03. The van der Waals surface area contributed by atoms with E-state index in [1.54, 1.807) is 0 Å². The molecule has 0 unspecified atom stereocenters. The zero-order valence-corrected chi connectivity index (χ0v) is 11.2. The van der Waals surface area contributed by atoms with Crippen molar-refractivity contribution in [2.24, 2.45) is 0 Å². The first-order valence-corrected chi connectivity index (χ1v) is 6.03. The molecule has 16 heavy (non-hydrogen) atoms. The van der Waals surface area contributed by atoms with Gasteiger partial charge < -0.3 is 14.8 Å². The average Bonchev–Trinajstić information content (AvgIpc) is 2.28. The molecule has 0 aliphatic heterocycles. The summed E-state index contributed by atoms with van der Waals surface area (Å²) >= 11 is 2.23. The SMILES string of the molecule is CNC(=O)OCCCOc1cccc(I)c1. The molecule has 1 aromatic carbocycles. The molecule has 88 valence electrons. The topological polar surface area (TPSA) is 47.6 Å². The average molecular weight is 335 g/mol. The minimum absolute atomic E-state index is 0.365. The molecule has 0 spiro atoms. The molecule has 1 N–H and O–H groups in total. The molecular formula is C11H14INO3. The molecule has 5 heteroatoms. The molecule has 1 amide bonds. The molecule has 0 fully saturated rings. The summed E-state index contributed by atoms with van der Waals surface area (Å²) in [6.45, 7) is 0.903. The van der Waals surface area contributed by atoms with E-state index in [9.17, 15) is 4.79 Å². The van der Waals surface area contributed by atoms with Crippen LogP contribution in [0.3, 0.4) is 0 Å². The number of hydrogen-bond donors (Lipinski definition) is 1. The van der Waals surface area contributed by atoms with Crippen LogP contribution in [0, 0.1) is 3.57 Å². The Balaban J connectivity index is 2.14. The van der Waals surface area contributed by atoms with Gasteiger partial charge in [0.1, 0.15) is 5.75 Å². The summed E-state index contributed by atoms with van der Waals surface area (Å²) in [5.41, 5.74) is 0. The summed E-state index contributed by atoms with van der Waals surface area (Å²) in [7, 11) is 1.53. The minimum atomic E-state index is -0.408. The molecule has 1 rings (SSSR count). The molecule has 0 aliphatic carbocycles. The van der Waals surface area contributed by atoms with Gasteiger partial charge in [-0.05, 0) is 40.8 Å². The number of amides is 1. The highest BCUT2D eigenvalue weighted by atomic mass is 127. The van der Waals surface area contributed by atoms with Gasteiger partial charge in [0.25, 0.3) is 0 Å². The van der Waals surface area contributed by atoms with E-state index in [1.807, 2.05) is 24.3 Å². The maximum absolute atomic E-state index is 10.7. The third kappa shape index (κ3) is 5.20. The number of carbonyl (C=O) groups is 1. The zero-order chi connectivity index (χ0) is 11.8. The number of rotatable bonds is 5. The first-order valence-electron chi connectivity index (χ1n) is 4.95. The number of alkyl carbamates (subject to hydrolysis) is 1. The number of halogens is 1. The van der Waals surface area contributed by atoms with Crippen molar-refractivity contribution in [1.29, 1.82) is 0 Å². The highest BCUT2D eigenvalue weighted by Gasteiger charge is 1.98. The van der Waals surface area contributed by atoms with E-state index in [2.05, 4.69) is 27.9 Å². The van der Waals surface area contributed by atoms with Gasteiger partial charge >= 0.3 is 6.09 Å². The van der Waals surface area contributed by atoms with E-state index >= 15 is 0 Å². The van der Waals surface area contributed by atoms with E-state index < -0.39 is 6.09 Å². The predicted molar refractivity (Wildman–Crippen MR) is 69.7 cm³/mol. The van der Waals surface area contributed by atoms with Crippen LogP contribution in [0.25, 0.3) is 0 Å². The van der Waals surface area contributed by atoms with Gasteiger partial charge in [0.05, 0.1) is 13.2 Å². The van der Waals surface area contributed by atoms with Crippen molar-refractivity contribution in [3.05, 3.63) is 27.8 Å². The number of hydrogen-bond acceptors (Lipinski definition) is 3. The Hall–Kier alpha value is -0.980. The van der Waals surface area contributed by atoms with Gasteiger partial charge in [-0.25, -0.2) is 4.79 Å². The standard InChI is InChI=1S/C11H14INO3/c1-13-11(14)16-7-3-6-15-10-5-2-4-9(12)8-10/h2,4-5,8H,3,6-7H2,1H3,(H,13,14). The van der Waals surface area contributed by atoms with Gasteiger partial charge in [0.15, 0.2) is 0 Å². The van der Waals surface area contributed by atoms with Gasteiger partial charge in [-0.1, -0.05) is 6.07 Å². The van der Waals surface area contributed by atoms with Crippen LogP contribution in [-0.4, -0.2) is 26.4 Å². The van der Waals surface area contributed by atoms with Crippen LogP contribution in [0.1, 0.15) is 6.42 Å². The smallest absolute Gasteiger partial charge is 0.406 e. The molecule has 0 aliphatic rings. The summed E-state index contributed by atoms with van der Waals surface area (Å²) in [4.78, 5) is 10.7. The van der Waals surface area contributed by atoms with Crippen LogP contribution in [-0.2, 0) is 4.74 Å². The summed E-state index contributed by atoms with van der Waals surface area (Å²) in [5, 5.41) is 2.38. The van der Waals surface area contributed by atoms with Crippen molar-refractivity contribution in [2.75, 3.05) is 20.3 Å². The quantitative estimate of drug-likeness (QED) is 0.664. The number of benzene rings is 1. The van der Waals surface area contributed by atoms with E-state index in [-0.39, 0.29) is 0 Å². The van der Waals surface area contributed by atoms with Gasteiger partial charge in [0.2, 0.25) is 0 Å². The van der Waals surface area contributed by atoms with Crippen molar-refractivity contribution >= 4 is 28.7 Å². The second-order valence-electron chi connectivity index (χ2n) is 3.05. The van der Waals surface area contributed by atoms with Crippen molar-refractivity contribution in [1.82, 2.24) is 5.32 Å². The number of ether oxygens (including phenoxy) is 2.